The Kier molecular flexibility index (Phi) is 3.75. The fourth-order valence-electron chi connectivity index (χ4n) is 1.09. The highest BCUT2D eigenvalue weighted by Crippen LogP contribution is 2.23. The molecule has 0 radical (unpaired) electrons. The molecule has 0 aliphatic carbocycles. The molecule has 1 unspecified atom stereocenters. The van der Waals surface area contributed by atoms with E-state index in [2.05, 4.69) is 0 Å². The molecule has 0 aliphatic heterocycles. The molecule has 0 rings (SSSR count). The van der Waals surface area contributed by atoms with Crippen LogP contribution in [0.3, 0.4) is 0 Å². The number of rotatable bonds is 6. The van der Waals surface area contributed by atoms with Gasteiger partial charge in [0.15, 0.2) is 14.8 Å². The first-order valence-corrected chi connectivity index (χ1v) is 3.72. The minimum Gasteiger partial charge on any atom is -0.265 e. The molecular weight excluding hydrogens is 232 g/mol. The first-order chi connectivity index (χ1) is 7.17. The molecule has 0 fully saturated rings. The molecule has 0 aliphatic rings. The van der Waals surface area contributed by atoms with Crippen LogP contribution in [0.15, 0.2) is 0 Å². The third-order valence-corrected chi connectivity index (χ3v) is 1.89. The zero-order valence-electron chi connectivity index (χ0n) is 7.84. The molecule has 0 bridgehead atoms. The van der Waals surface area contributed by atoms with E-state index in [1.54, 1.807) is 0 Å². The first-order valence-electron chi connectivity index (χ1n) is 3.72. The summed E-state index contributed by atoms with van der Waals surface area (Å²) in [5.74, 6) is -5.77. The largest absolute Gasteiger partial charge is 0.708 e. The topological polar surface area (TPSA) is 173 Å². The number of nitrogens with zero attached hydrogens (tertiary/aromatic N) is 4. The first kappa shape index (κ1) is 13.6. The normalized spacial score (nSPS) is 12.8. The lowest BCUT2D eigenvalue weighted by atomic mass is 10.0. The van der Waals surface area contributed by atoms with Crippen molar-refractivity contribution in [2.75, 3.05) is 6.54 Å². The van der Waals surface area contributed by atoms with Crippen molar-refractivity contribution in [3.8, 4) is 0 Å². The highest BCUT2D eigenvalue weighted by atomic mass is 16.7. The van der Waals surface area contributed by atoms with Gasteiger partial charge in [0.1, 0.15) is 0 Å². The minimum absolute atomic E-state index is 0.706. The Morgan fingerprint density at radius 2 is 1.25 bits per heavy atom. The zero-order chi connectivity index (χ0) is 13.1. The van der Waals surface area contributed by atoms with E-state index < -0.39 is 37.9 Å². The van der Waals surface area contributed by atoms with Crippen molar-refractivity contribution in [3.63, 3.8) is 0 Å². The van der Waals surface area contributed by atoms with Gasteiger partial charge in [-0.15, -0.1) is 0 Å². The molecule has 0 spiro atoms. The van der Waals surface area contributed by atoms with Crippen LogP contribution in [0.5, 0.6) is 0 Å². The van der Waals surface area contributed by atoms with Crippen molar-refractivity contribution in [2.45, 2.75) is 12.7 Å². The van der Waals surface area contributed by atoms with E-state index in [1.165, 1.54) is 0 Å². The summed E-state index contributed by atoms with van der Waals surface area (Å²) in [6.45, 7) is -0.542. The van der Waals surface area contributed by atoms with Crippen molar-refractivity contribution in [1.82, 2.24) is 0 Å². The third kappa shape index (κ3) is 1.99. The maximum Gasteiger partial charge on any atom is 0.708 e. The predicted octanol–water partition coefficient (Wildman–Crippen LogP) is -0.617. The van der Waals surface area contributed by atoms with Gasteiger partial charge >= 0.3 is 5.79 Å². The monoisotopic (exact) mass is 238 g/mol. The smallest absolute Gasteiger partial charge is 0.265 e. The summed E-state index contributed by atoms with van der Waals surface area (Å²) in [4.78, 5) is 35.1. The third-order valence-electron chi connectivity index (χ3n) is 1.89. The molecule has 0 aromatic rings. The van der Waals surface area contributed by atoms with Crippen LogP contribution in [0.2, 0.25) is 0 Å². The van der Waals surface area contributed by atoms with Crippen LogP contribution in [0.4, 0.5) is 0 Å². The van der Waals surface area contributed by atoms with Gasteiger partial charge in [-0.1, -0.05) is 0 Å². The summed E-state index contributed by atoms with van der Waals surface area (Å²) < 4.78 is 0. The summed E-state index contributed by atoms with van der Waals surface area (Å²) in [5, 5.41) is 41.3. The van der Waals surface area contributed by atoms with Gasteiger partial charge in [0.05, 0.1) is 0 Å². The molecule has 0 heterocycles. The van der Waals surface area contributed by atoms with Gasteiger partial charge in [0.2, 0.25) is 12.5 Å². The molecular formula is C4H6N4O8. The highest BCUT2D eigenvalue weighted by molar-refractivity contribution is 4.63. The van der Waals surface area contributed by atoms with Crippen LogP contribution in [0.1, 0.15) is 6.92 Å². The number of hydrogen-bond donors (Lipinski definition) is 0. The maximum atomic E-state index is 10.4. The van der Waals surface area contributed by atoms with E-state index in [0.717, 1.165) is 0 Å². The van der Waals surface area contributed by atoms with Crippen LogP contribution in [-0.2, 0) is 0 Å². The molecule has 12 heteroatoms. The summed E-state index contributed by atoms with van der Waals surface area (Å²) in [5.41, 5.74) is 0. The standard InChI is InChI=1S/C4H6N4O8/c1-3(2-5(9)10)4(6(11)12,7(13)14)8(15)16/h3H,2H2,1H3. The summed E-state index contributed by atoms with van der Waals surface area (Å²) in [6, 6.07) is 0. The zero-order valence-corrected chi connectivity index (χ0v) is 7.84. The molecule has 0 N–H and O–H groups in total. The summed E-state index contributed by atoms with van der Waals surface area (Å²) in [7, 11) is 0. The Bertz CT molecular complexity index is 316. The van der Waals surface area contributed by atoms with Crippen molar-refractivity contribution >= 4 is 0 Å². The SMILES string of the molecule is CC(C[N+](=O)[O-])C([N+](=O)[O-])([N+](=O)[O-])[N+](=O)[O-]. The number of nitro groups is 4. The molecule has 0 aromatic heterocycles. The minimum atomic E-state index is -3.78. The van der Waals surface area contributed by atoms with Crippen LogP contribution in [-0.4, -0.2) is 32.0 Å². The van der Waals surface area contributed by atoms with Gasteiger partial charge in [-0.25, -0.2) is 0 Å². The molecule has 90 valence electrons. The van der Waals surface area contributed by atoms with Crippen molar-refractivity contribution in [2.24, 2.45) is 5.92 Å². The van der Waals surface area contributed by atoms with Gasteiger partial charge in [-0.2, -0.15) is 0 Å². The van der Waals surface area contributed by atoms with Crippen LogP contribution < -0.4 is 0 Å². The van der Waals surface area contributed by atoms with E-state index in [-0.39, 0.29) is 0 Å². The van der Waals surface area contributed by atoms with Crippen molar-refractivity contribution in [3.05, 3.63) is 40.5 Å². The Labute approximate surface area is 86.4 Å². The average Bonchev–Trinajstić information content (AvgIpc) is 1.99. The van der Waals surface area contributed by atoms with E-state index in [9.17, 15) is 40.5 Å². The number of hydrogen-bond acceptors (Lipinski definition) is 8. The van der Waals surface area contributed by atoms with Gasteiger partial charge in [0.25, 0.3) is 0 Å². The summed E-state index contributed by atoms with van der Waals surface area (Å²) in [6.07, 6.45) is 0. The molecule has 0 aromatic carbocycles. The van der Waals surface area contributed by atoms with Gasteiger partial charge < -0.3 is 0 Å². The Hall–Kier alpha value is -2.40. The van der Waals surface area contributed by atoms with Gasteiger partial charge in [-0.3, -0.25) is 40.5 Å². The predicted molar refractivity (Wildman–Crippen MR) is 44.7 cm³/mol. The van der Waals surface area contributed by atoms with Crippen molar-refractivity contribution in [1.29, 1.82) is 0 Å². The fraction of sp³-hybridized carbons (Fsp3) is 1.00. The highest BCUT2D eigenvalue weighted by Gasteiger charge is 2.76. The fourth-order valence-corrected chi connectivity index (χ4v) is 1.09. The van der Waals surface area contributed by atoms with E-state index in [4.69, 9.17) is 0 Å². The molecule has 0 saturated heterocycles. The van der Waals surface area contributed by atoms with Crippen LogP contribution in [0.25, 0.3) is 0 Å². The Morgan fingerprint density at radius 3 is 1.44 bits per heavy atom. The second-order valence-corrected chi connectivity index (χ2v) is 2.87. The van der Waals surface area contributed by atoms with Gasteiger partial charge in [-0.05, 0) is 6.92 Å². The van der Waals surface area contributed by atoms with Crippen LogP contribution in [0, 0.1) is 46.4 Å². The van der Waals surface area contributed by atoms with E-state index in [1.807, 2.05) is 0 Å². The summed E-state index contributed by atoms with van der Waals surface area (Å²) >= 11 is 0. The lowest BCUT2D eigenvalue weighted by molar-refractivity contribution is -0.979. The van der Waals surface area contributed by atoms with Crippen molar-refractivity contribution < 1.29 is 19.7 Å². The lowest BCUT2D eigenvalue weighted by Crippen LogP contribution is -2.59. The average molecular weight is 238 g/mol. The second-order valence-electron chi connectivity index (χ2n) is 2.87. The molecule has 0 amide bonds. The molecule has 1 atom stereocenters. The second kappa shape index (κ2) is 4.41. The molecule has 12 nitrogen and oxygen atoms in total. The molecule has 0 saturated carbocycles. The van der Waals surface area contributed by atoms with E-state index in [0.29, 0.717) is 6.92 Å². The van der Waals surface area contributed by atoms with Crippen LogP contribution >= 0.6 is 0 Å². The molecule has 16 heavy (non-hydrogen) atoms. The quantitative estimate of drug-likeness (QED) is 0.334. The maximum absolute atomic E-state index is 10.4. The van der Waals surface area contributed by atoms with Gasteiger partial charge in [0, 0.05) is 4.92 Å². The lowest BCUT2D eigenvalue weighted by Gasteiger charge is -2.11. The van der Waals surface area contributed by atoms with E-state index >= 15 is 0 Å². The Balaban J connectivity index is 5.53. The Morgan fingerprint density at radius 1 is 0.938 bits per heavy atom.